The topological polar surface area (TPSA) is 47.1 Å². The number of benzene rings is 2. The number of piperazine rings is 1. The van der Waals surface area contributed by atoms with Crippen molar-refractivity contribution in [2.75, 3.05) is 46.8 Å². The number of nitrogens with zero attached hydrogens (tertiary/aromatic N) is 4. The van der Waals surface area contributed by atoms with Crippen LogP contribution in [0.15, 0.2) is 48.5 Å². The minimum Gasteiger partial charge on any atom is -0.337 e. The summed E-state index contributed by atoms with van der Waals surface area (Å²) in [6.07, 6.45) is 4.22. The zero-order chi connectivity index (χ0) is 25.8. The molecule has 2 fully saturated rings. The lowest BCUT2D eigenvalue weighted by molar-refractivity contribution is -0.130. The minimum absolute atomic E-state index is 0.0373. The summed E-state index contributed by atoms with van der Waals surface area (Å²) in [5.74, 6) is -0.374. The van der Waals surface area contributed by atoms with Crippen molar-refractivity contribution < 1.29 is 14.0 Å². The summed E-state index contributed by atoms with van der Waals surface area (Å²) in [6.45, 7) is 6.24. The van der Waals surface area contributed by atoms with Gasteiger partial charge in [-0.05, 0) is 68.9 Å². The smallest absolute Gasteiger partial charge is 0.254 e. The number of halogens is 2. The van der Waals surface area contributed by atoms with E-state index in [2.05, 4.69) is 9.80 Å². The van der Waals surface area contributed by atoms with Gasteiger partial charge in [-0.15, -0.1) is 0 Å². The number of hydrogen-bond acceptors (Lipinski definition) is 4. The van der Waals surface area contributed by atoms with Crippen LogP contribution < -0.4 is 0 Å². The highest BCUT2D eigenvalue weighted by Gasteiger charge is 2.29. The fraction of sp³-hybridized carbons (Fsp3) is 0.429. The highest BCUT2D eigenvalue weighted by atomic mass is 35.5. The van der Waals surface area contributed by atoms with E-state index in [0.29, 0.717) is 41.8 Å². The fourth-order valence-corrected chi connectivity index (χ4v) is 5.16. The summed E-state index contributed by atoms with van der Waals surface area (Å²) in [5.41, 5.74) is 2.26. The molecule has 0 aromatic heterocycles. The predicted molar refractivity (Wildman–Crippen MR) is 141 cm³/mol. The van der Waals surface area contributed by atoms with Crippen LogP contribution in [0.5, 0.6) is 0 Å². The van der Waals surface area contributed by atoms with E-state index in [1.54, 1.807) is 42.5 Å². The zero-order valence-electron chi connectivity index (χ0n) is 21.2. The van der Waals surface area contributed by atoms with Crippen LogP contribution in [0.3, 0.4) is 0 Å². The van der Waals surface area contributed by atoms with Crippen molar-refractivity contribution in [3.8, 4) is 0 Å². The van der Waals surface area contributed by atoms with Crippen LogP contribution in [0.25, 0.3) is 6.08 Å². The van der Waals surface area contributed by atoms with Gasteiger partial charge in [0.1, 0.15) is 5.82 Å². The Morgan fingerprint density at radius 3 is 2.50 bits per heavy atom. The molecule has 2 aliphatic heterocycles. The van der Waals surface area contributed by atoms with Gasteiger partial charge in [0.05, 0.1) is 0 Å². The third kappa shape index (κ3) is 6.33. The van der Waals surface area contributed by atoms with Crippen molar-refractivity contribution in [2.24, 2.45) is 0 Å². The molecule has 2 aromatic carbocycles. The van der Waals surface area contributed by atoms with Crippen molar-refractivity contribution in [2.45, 2.75) is 32.0 Å². The molecule has 0 saturated carbocycles. The highest BCUT2D eigenvalue weighted by Crippen LogP contribution is 2.23. The first-order chi connectivity index (χ1) is 17.2. The molecule has 2 aliphatic rings. The molecule has 4 rings (SSSR count). The monoisotopic (exact) mass is 512 g/mol. The van der Waals surface area contributed by atoms with Gasteiger partial charge in [-0.2, -0.15) is 0 Å². The molecule has 2 saturated heterocycles. The van der Waals surface area contributed by atoms with Gasteiger partial charge in [0, 0.05) is 68.0 Å². The Labute approximate surface area is 217 Å². The number of likely N-dealkylation sites (N-methyl/N-ethyl adjacent to an activating group) is 1. The normalized spacial score (nSPS) is 21.1. The van der Waals surface area contributed by atoms with Gasteiger partial charge in [-0.1, -0.05) is 29.8 Å². The van der Waals surface area contributed by atoms with Gasteiger partial charge in [0.25, 0.3) is 5.91 Å². The van der Waals surface area contributed by atoms with Crippen LogP contribution in [0, 0.1) is 5.82 Å². The summed E-state index contributed by atoms with van der Waals surface area (Å²) in [6, 6.07) is 12.2. The molecule has 0 unspecified atom stereocenters. The SMILES string of the molecule is C[C@@H]1CN(Cc2ccc(F)cc2)CCN1C(=O)/C=C/c1ccc(Cl)cc1C(=O)N1CC[C@@H](N(C)C)C1. The van der Waals surface area contributed by atoms with E-state index < -0.39 is 0 Å². The number of hydrogen-bond donors (Lipinski definition) is 0. The summed E-state index contributed by atoms with van der Waals surface area (Å²) < 4.78 is 13.2. The van der Waals surface area contributed by atoms with Crippen molar-refractivity contribution in [3.05, 3.63) is 76.1 Å². The average Bonchev–Trinajstić information content (AvgIpc) is 3.35. The lowest BCUT2D eigenvalue weighted by atomic mass is 10.1. The molecule has 0 bridgehead atoms. The quantitative estimate of drug-likeness (QED) is 0.549. The lowest BCUT2D eigenvalue weighted by Crippen LogP contribution is -2.53. The van der Waals surface area contributed by atoms with E-state index in [-0.39, 0.29) is 23.7 Å². The van der Waals surface area contributed by atoms with E-state index in [1.165, 1.54) is 12.1 Å². The Morgan fingerprint density at radius 2 is 1.83 bits per heavy atom. The molecule has 2 atom stereocenters. The first-order valence-corrected chi connectivity index (χ1v) is 12.8. The second-order valence-electron chi connectivity index (χ2n) is 9.96. The van der Waals surface area contributed by atoms with E-state index >= 15 is 0 Å². The van der Waals surface area contributed by atoms with Gasteiger partial charge in [-0.25, -0.2) is 4.39 Å². The van der Waals surface area contributed by atoms with Crippen molar-refractivity contribution >= 4 is 29.5 Å². The average molecular weight is 513 g/mol. The molecule has 2 aromatic rings. The first-order valence-electron chi connectivity index (χ1n) is 12.4. The minimum atomic E-state index is -0.238. The van der Waals surface area contributed by atoms with E-state index in [1.807, 2.05) is 30.8 Å². The summed E-state index contributed by atoms with van der Waals surface area (Å²) in [4.78, 5) is 34.5. The second kappa shape index (κ2) is 11.5. The Bertz CT molecular complexity index is 1120. The lowest BCUT2D eigenvalue weighted by Gasteiger charge is -2.39. The Balaban J connectivity index is 1.40. The Kier molecular flexibility index (Phi) is 8.44. The van der Waals surface area contributed by atoms with Gasteiger partial charge in [-0.3, -0.25) is 14.5 Å². The number of carbonyl (C=O) groups is 2. The maximum absolute atomic E-state index is 13.3. The molecule has 0 spiro atoms. The molecule has 8 heteroatoms. The third-order valence-corrected chi connectivity index (χ3v) is 7.38. The molecule has 36 heavy (non-hydrogen) atoms. The number of likely N-dealkylation sites (tertiary alicyclic amines) is 1. The molecular formula is C28H34ClFN4O2. The maximum atomic E-state index is 13.3. The van der Waals surface area contributed by atoms with E-state index in [9.17, 15) is 14.0 Å². The van der Waals surface area contributed by atoms with Gasteiger partial charge < -0.3 is 14.7 Å². The van der Waals surface area contributed by atoms with Crippen molar-refractivity contribution in [1.29, 1.82) is 0 Å². The maximum Gasteiger partial charge on any atom is 0.254 e. The molecule has 2 amide bonds. The second-order valence-corrected chi connectivity index (χ2v) is 10.4. The van der Waals surface area contributed by atoms with E-state index in [0.717, 1.165) is 31.6 Å². The first kappa shape index (κ1) is 26.3. The van der Waals surface area contributed by atoms with Gasteiger partial charge in [0.15, 0.2) is 0 Å². The third-order valence-electron chi connectivity index (χ3n) is 7.15. The van der Waals surface area contributed by atoms with Crippen LogP contribution in [-0.2, 0) is 11.3 Å². The number of carbonyl (C=O) groups excluding carboxylic acids is 2. The summed E-state index contributed by atoms with van der Waals surface area (Å²) in [5, 5.41) is 0.496. The zero-order valence-corrected chi connectivity index (χ0v) is 21.9. The number of rotatable bonds is 6. The summed E-state index contributed by atoms with van der Waals surface area (Å²) >= 11 is 6.23. The molecule has 2 heterocycles. The van der Waals surface area contributed by atoms with Crippen molar-refractivity contribution in [3.63, 3.8) is 0 Å². The van der Waals surface area contributed by atoms with Crippen LogP contribution in [0.2, 0.25) is 5.02 Å². The van der Waals surface area contributed by atoms with E-state index in [4.69, 9.17) is 11.6 Å². The standard InChI is InChI=1S/C28H34ClFN4O2/c1-20-17-32(18-21-4-9-24(30)10-5-21)14-15-34(20)27(35)11-7-22-6-8-23(29)16-26(22)28(36)33-13-12-25(19-33)31(2)3/h4-11,16,20,25H,12-15,17-19H2,1-3H3/b11-7+/t20-,25-/m1/s1. The largest absolute Gasteiger partial charge is 0.337 e. The molecule has 0 N–H and O–H groups in total. The van der Waals surface area contributed by atoms with Gasteiger partial charge >= 0.3 is 0 Å². The highest BCUT2D eigenvalue weighted by molar-refractivity contribution is 6.31. The van der Waals surface area contributed by atoms with Crippen LogP contribution in [0.4, 0.5) is 4.39 Å². The molecule has 6 nitrogen and oxygen atoms in total. The van der Waals surface area contributed by atoms with Crippen LogP contribution in [0.1, 0.15) is 34.8 Å². The molecule has 0 aliphatic carbocycles. The van der Waals surface area contributed by atoms with Crippen LogP contribution >= 0.6 is 11.6 Å². The summed E-state index contributed by atoms with van der Waals surface area (Å²) in [7, 11) is 4.06. The molecular weight excluding hydrogens is 479 g/mol. The van der Waals surface area contributed by atoms with Gasteiger partial charge in [0.2, 0.25) is 5.91 Å². The number of amides is 2. The Hall–Kier alpha value is -2.74. The molecule has 0 radical (unpaired) electrons. The Morgan fingerprint density at radius 1 is 1.08 bits per heavy atom. The van der Waals surface area contributed by atoms with Crippen LogP contribution in [-0.4, -0.2) is 90.3 Å². The van der Waals surface area contributed by atoms with Crippen molar-refractivity contribution in [1.82, 2.24) is 19.6 Å². The fourth-order valence-electron chi connectivity index (χ4n) is 4.99. The predicted octanol–water partition coefficient (Wildman–Crippen LogP) is 4.00. The molecule has 192 valence electrons.